The van der Waals surface area contributed by atoms with Crippen molar-refractivity contribution in [2.75, 3.05) is 6.61 Å². The van der Waals surface area contributed by atoms with Gasteiger partial charge in [-0.2, -0.15) is 0 Å². The van der Waals surface area contributed by atoms with Crippen molar-refractivity contribution in [1.29, 1.82) is 0 Å². The first-order valence-electron chi connectivity index (χ1n) is 12.5. The Morgan fingerprint density at radius 1 is 0.679 bits per heavy atom. The minimum Gasteiger partial charge on any atom is -0.494 e. The third kappa shape index (κ3) is 9.99. The Kier molecular flexibility index (Phi) is 12.4. The first-order chi connectivity index (χ1) is 13.8. The summed E-state index contributed by atoms with van der Waals surface area (Å²) in [6.45, 7) is 5.45. The second-order valence-corrected chi connectivity index (χ2v) is 9.18. The van der Waals surface area contributed by atoms with Crippen molar-refractivity contribution in [3.05, 3.63) is 29.8 Å². The van der Waals surface area contributed by atoms with Crippen LogP contribution in [0.1, 0.15) is 116 Å². The van der Waals surface area contributed by atoms with Crippen LogP contribution in [0.4, 0.5) is 0 Å². The Morgan fingerprint density at radius 3 is 1.89 bits per heavy atom. The molecule has 0 N–H and O–H groups in total. The number of unbranched alkanes of at least 4 members (excludes halogenated alkanes) is 6. The predicted molar refractivity (Wildman–Crippen MR) is 123 cm³/mol. The molecule has 1 aliphatic rings. The monoisotopic (exact) mass is 386 g/mol. The molecular formula is C27H46O. The third-order valence-electron chi connectivity index (χ3n) is 6.70. The van der Waals surface area contributed by atoms with Crippen molar-refractivity contribution in [3.63, 3.8) is 0 Å². The van der Waals surface area contributed by atoms with E-state index in [4.69, 9.17) is 4.74 Å². The van der Waals surface area contributed by atoms with Crippen LogP contribution in [0.15, 0.2) is 24.3 Å². The average molecular weight is 387 g/mol. The first kappa shape index (κ1) is 23.3. The maximum Gasteiger partial charge on any atom is 0.119 e. The Bertz CT molecular complexity index is 470. The van der Waals surface area contributed by atoms with Gasteiger partial charge in [0.1, 0.15) is 5.75 Å². The van der Waals surface area contributed by atoms with Crippen LogP contribution in [0.3, 0.4) is 0 Å². The third-order valence-corrected chi connectivity index (χ3v) is 6.70. The number of benzene rings is 1. The van der Waals surface area contributed by atoms with E-state index in [-0.39, 0.29) is 0 Å². The van der Waals surface area contributed by atoms with Crippen molar-refractivity contribution >= 4 is 0 Å². The van der Waals surface area contributed by atoms with E-state index in [1.54, 1.807) is 0 Å². The molecule has 1 aliphatic carbocycles. The summed E-state index contributed by atoms with van der Waals surface area (Å²) >= 11 is 0. The molecule has 1 heteroatoms. The Balaban J connectivity index is 1.49. The summed E-state index contributed by atoms with van der Waals surface area (Å²) in [7, 11) is 0. The molecule has 0 aromatic heterocycles. The molecule has 0 heterocycles. The van der Waals surface area contributed by atoms with E-state index in [1.165, 1.54) is 108 Å². The minimum absolute atomic E-state index is 0.881. The van der Waals surface area contributed by atoms with Crippen LogP contribution >= 0.6 is 0 Å². The lowest BCUT2D eigenvalue weighted by Crippen LogP contribution is -2.15. The molecule has 28 heavy (non-hydrogen) atoms. The zero-order chi connectivity index (χ0) is 19.9. The molecule has 0 aliphatic heterocycles. The SMILES string of the molecule is CCCCCCC[C@H]1CC[C@H](CCCOc2ccc(CCCCC)cc2)CC1. The highest BCUT2D eigenvalue weighted by Gasteiger charge is 2.20. The fraction of sp³-hybridized carbons (Fsp3) is 0.778. The van der Waals surface area contributed by atoms with Gasteiger partial charge in [0.2, 0.25) is 0 Å². The summed E-state index contributed by atoms with van der Waals surface area (Å²) < 4.78 is 5.98. The number of aryl methyl sites for hydroxylation is 1. The molecule has 1 aromatic rings. The topological polar surface area (TPSA) is 9.23 Å². The van der Waals surface area contributed by atoms with Gasteiger partial charge in [-0.3, -0.25) is 0 Å². The highest BCUT2D eigenvalue weighted by molar-refractivity contribution is 5.27. The number of hydrogen-bond acceptors (Lipinski definition) is 1. The molecule has 0 radical (unpaired) electrons. The maximum atomic E-state index is 5.98. The average Bonchev–Trinajstić information content (AvgIpc) is 2.73. The largest absolute Gasteiger partial charge is 0.494 e. The van der Waals surface area contributed by atoms with E-state index in [0.29, 0.717) is 0 Å². The molecule has 2 rings (SSSR count). The second-order valence-electron chi connectivity index (χ2n) is 9.18. The summed E-state index contributed by atoms with van der Waals surface area (Å²) in [6, 6.07) is 8.81. The zero-order valence-electron chi connectivity index (χ0n) is 18.9. The molecule has 0 amide bonds. The van der Waals surface area contributed by atoms with Crippen LogP contribution in [-0.4, -0.2) is 6.61 Å². The molecule has 0 saturated heterocycles. The minimum atomic E-state index is 0.881. The van der Waals surface area contributed by atoms with E-state index >= 15 is 0 Å². The molecule has 160 valence electrons. The van der Waals surface area contributed by atoms with Crippen LogP contribution in [0, 0.1) is 11.8 Å². The quantitative estimate of drug-likeness (QED) is 0.274. The normalized spacial score (nSPS) is 19.6. The summed E-state index contributed by atoms with van der Waals surface area (Å²) in [5.74, 6) is 3.04. The van der Waals surface area contributed by atoms with Crippen molar-refractivity contribution in [3.8, 4) is 5.75 Å². The van der Waals surface area contributed by atoms with Gasteiger partial charge in [-0.15, -0.1) is 0 Å². The fourth-order valence-electron chi connectivity index (χ4n) is 4.74. The molecule has 0 unspecified atom stereocenters. The Morgan fingerprint density at radius 2 is 1.25 bits per heavy atom. The number of hydrogen-bond donors (Lipinski definition) is 0. The molecule has 1 fully saturated rings. The van der Waals surface area contributed by atoms with Crippen LogP contribution in [0.2, 0.25) is 0 Å². The molecule has 1 aromatic carbocycles. The van der Waals surface area contributed by atoms with Gasteiger partial charge in [0.25, 0.3) is 0 Å². The van der Waals surface area contributed by atoms with Gasteiger partial charge in [0.05, 0.1) is 6.61 Å². The lowest BCUT2D eigenvalue weighted by atomic mass is 9.78. The van der Waals surface area contributed by atoms with Gasteiger partial charge < -0.3 is 4.74 Å². The predicted octanol–water partition coefficient (Wildman–Crippen LogP) is 8.75. The molecule has 1 nitrogen and oxygen atoms in total. The van der Waals surface area contributed by atoms with E-state index < -0.39 is 0 Å². The van der Waals surface area contributed by atoms with Gasteiger partial charge in [0, 0.05) is 0 Å². The van der Waals surface area contributed by atoms with E-state index in [2.05, 4.69) is 38.1 Å². The van der Waals surface area contributed by atoms with Crippen molar-refractivity contribution in [2.24, 2.45) is 11.8 Å². The van der Waals surface area contributed by atoms with Crippen LogP contribution in [-0.2, 0) is 6.42 Å². The first-order valence-corrected chi connectivity index (χ1v) is 12.5. The van der Waals surface area contributed by atoms with Crippen molar-refractivity contribution in [1.82, 2.24) is 0 Å². The zero-order valence-corrected chi connectivity index (χ0v) is 18.9. The molecule has 0 spiro atoms. The van der Waals surface area contributed by atoms with Gasteiger partial charge >= 0.3 is 0 Å². The maximum absolute atomic E-state index is 5.98. The Labute approximate surface area is 175 Å². The summed E-state index contributed by atoms with van der Waals surface area (Å²) in [5.41, 5.74) is 1.45. The molecule has 1 saturated carbocycles. The van der Waals surface area contributed by atoms with Crippen molar-refractivity contribution in [2.45, 2.75) is 117 Å². The Hall–Kier alpha value is -0.980. The summed E-state index contributed by atoms with van der Waals surface area (Å²) in [6.07, 6.45) is 22.3. The van der Waals surface area contributed by atoms with Crippen LogP contribution in [0.25, 0.3) is 0 Å². The lowest BCUT2D eigenvalue weighted by molar-refractivity contribution is 0.228. The smallest absolute Gasteiger partial charge is 0.119 e. The van der Waals surface area contributed by atoms with E-state index in [9.17, 15) is 0 Å². The number of ether oxygens (including phenoxy) is 1. The second kappa shape index (κ2) is 14.9. The van der Waals surface area contributed by atoms with Gasteiger partial charge in [-0.25, -0.2) is 0 Å². The molecule has 0 atom stereocenters. The van der Waals surface area contributed by atoms with Crippen LogP contribution < -0.4 is 4.74 Å². The highest BCUT2D eigenvalue weighted by Crippen LogP contribution is 2.34. The number of rotatable bonds is 15. The lowest BCUT2D eigenvalue weighted by Gasteiger charge is -2.28. The van der Waals surface area contributed by atoms with Gasteiger partial charge in [-0.05, 0) is 55.2 Å². The van der Waals surface area contributed by atoms with Gasteiger partial charge in [-0.1, -0.05) is 103 Å². The molecule has 0 bridgehead atoms. The fourth-order valence-corrected chi connectivity index (χ4v) is 4.74. The van der Waals surface area contributed by atoms with Gasteiger partial charge in [0.15, 0.2) is 0 Å². The summed E-state index contributed by atoms with van der Waals surface area (Å²) in [4.78, 5) is 0. The standard InChI is InChI=1S/C27H46O/c1-3-5-7-8-10-13-24-15-17-26(18-16-24)14-11-23-28-27-21-19-25(20-22-27)12-9-6-4-2/h19-22,24,26H,3-18,23H2,1-2H3/t24-,26-. The molecular weight excluding hydrogens is 340 g/mol. The van der Waals surface area contributed by atoms with Crippen molar-refractivity contribution < 1.29 is 4.74 Å². The highest BCUT2D eigenvalue weighted by atomic mass is 16.5. The van der Waals surface area contributed by atoms with Crippen LogP contribution in [0.5, 0.6) is 5.75 Å². The summed E-state index contributed by atoms with van der Waals surface area (Å²) in [5, 5.41) is 0. The van der Waals surface area contributed by atoms with E-state index in [1.807, 2.05) is 0 Å². The van der Waals surface area contributed by atoms with E-state index in [0.717, 1.165) is 24.2 Å².